The Morgan fingerprint density at radius 3 is 2.59 bits per heavy atom. The summed E-state index contributed by atoms with van der Waals surface area (Å²) in [6.45, 7) is 6.33. The molecule has 7 nitrogen and oxygen atoms in total. The Hall–Kier alpha value is -1.63. The lowest BCUT2D eigenvalue weighted by molar-refractivity contribution is -0.139. The summed E-state index contributed by atoms with van der Waals surface area (Å²) in [5.41, 5.74) is 5.59. The lowest BCUT2D eigenvalue weighted by Crippen LogP contribution is -2.51. The maximum atomic E-state index is 13.0. The van der Waals surface area contributed by atoms with Crippen molar-refractivity contribution in [2.24, 2.45) is 23.5 Å². The highest BCUT2D eigenvalue weighted by Crippen LogP contribution is 2.29. The van der Waals surface area contributed by atoms with Gasteiger partial charge in [0, 0.05) is 24.4 Å². The molecule has 0 bridgehead atoms. The van der Waals surface area contributed by atoms with Crippen LogP contribution in [0.5, 0.6) is 0 Å². The Bertz CT molecular complexity index is 551. The standard InChI is InChI=1S/C20H35N3O4/c1-4-6-15(18(21)25)16(9-12(2)3)19(26)22-17-8-5-7-13-10-14(24)11-23(13)20(17)27/h12-17,24H,4-11H2,1-3H3,(H2,21,25)(H,22,26)/t13-,14-,15+,16-,17+/m1/s1. The molecule has 3 amide bonds. The van der Waals surface area contributed by atoms with Crippen LogP contribution in [0, 0.1) is 17.8 Å². The third-order valence-electron chi connectivity index (χ3n) is 5.83. The Morgan fingerprint density at radius 2 is 2.00 bits per heavy atom. The second-order valence-electron chi connectivity index (χ2n) is 8.56. The molecule has 27 heavy (non-hydrogen) atoms. The number of carbonyl (C=O) groups excluding carboxylic acids is 3. The molecule has 5 atom stereocenters. The fourth-order valence-electron chi connectivity index (χ4n) is 4.54. The maximum absolute atomic E-state index is 13.0. The molecule has 2 heterocycles. The Kier molecular flexibility index (Phi) is 7.65. The van der Waals surface area contributed by atoms with Crippen LogP contribution >= 0.6 is 0 Å². The molecule has 0 spiro atoms. The van der Waals surface area contributed by atoms with Gasteiger partial charge in [-0.1, -0.05) is 27.2 Å². The van der Waals surface area contributed by atoms with Crippen LogP contribution in [0.1, 0.15) is 65.7 Å². The Labute approximate surface area is 162 Å². The molecule has 154 valence electrons. The van der Waals surface area contributed by atoms with Gasteiger partial charge in [0.2, 0.25) is 17.7 Å². The minimum Gasteiger partial charge on any atom is -0.391 e. The molecular formula is C20H35N3O4. The van der Waals surface area contributed by atoms with Gasteiger partial charge in [-0.2, -0.15) is 0 Å². The number of nitrogens with one attached hydrogen (secondary N) is 1. The molecule has 2 rings (SSSR count). The summed E-state index contributed by atoms with van der Waals surface area (Å²) in [6.07, 6.45) is 4.30. The fraction of sp³-hybridized carbons (Fsp3) is 0.850. The van der Waals surface area contributed by atoms with Crippen molar-refractivity contribution >= 4 is 17.7 Å². The average molecular weight is 382 g/mol. The lowest BCUT2D eigenvalue weighted by Gasteiger charge is -2.29. The first-order valence-electron chi connectivity index (χ1n) is 10.3. The van der Waals surface area contributed by atoms with Crippen molar-refractivity contribution in [2.45, 2.75) is 83.9 Å². The fourth-order valence-corrected chi connectivity index (χ4v) is 4.54. The van der Waals surface area contributed by atoms with Crippen LogP contribution in [-0.4, -0.2) is 52.5 Å². The highest BCUT2D eigenvalue weighted by Gasteiger charge is 2.41. The van der Waals surface area contributed by atoms with E-state index in [1.807, 2.05) is 20.8 Å². The first-order valence-corrected chi connectivity index (χ1v) is 10.3. The van der Waals surface area contributed by atoms with Crippen LogP contribution in [0.15, 0.2) is 0 Å². The van der Waals surface area contributed by atoms with Crippen molar-refractivity contribution in [3.05, 3.63) is 0 Å². The van der Waals surface area contributed by atoms with E-state index in [1.165, 1.54) is 0 Å². The quantitative estimate of drug-likeness (QED) is 0.586. The third-order valence-corrected chi connectivity index (χ3v) is 5.83. The number of primary amides is 1. The molecular weight excluding hydrogens is 346 g/mol. The number of aliphatic hydroxyl groups excluding tert-OH is 1. The summed E-state index contributed by atoms with van der Waals surface area (Å²) >= 11 is 0. The van der Waals surface area contributed by atoms with Gasteiger partial charge in [-0.05, 0) is 44.4 Å². The maximum Gasteiger partial charge on any atom is 0.245 e. The molecule has 0 saturated carbocycles. The molecule has 2 saturated heterocycles. The van der Waals surface area contributed by atoms with Crippen molar-refractivity contribution in [1.29, 1.82) is 0 Å². The summed E-state index contributed by atoms with van der Waals surface area (Å²) in [7, 11) is 0. The van der Waals surface area contributed by atoms with Gasteiger partial charge in [0.1, 0.15) is 6.04 Å². The highest BCUT2D eigenvalue weighted by atomic mass is 16.3. The van der Waals surface area contributed by atoms with Crippen LogP contribution in [0.3, 0.4) is 0 Å². The number of aliphatic hydroxyl groups is 1. The summed E-state index contributed by atoms with van der Waals surface area (Å²) < 4.78 is 0. The molecule has 0 aromatic rings. The van der Waals surface area contributed by atoms with Crippen molar-refractivity contribution in [2.75, 3.05) is 6.54 Å². The lowest BCUT2D eigenvalue weighted by atomic mass is 9.81. The molecule has 2 aliphatic heterocycles. The zero-order valence-corrected chi connectivity index (χ0v) is 16.8. The van der Waals surface area contributed by atoms with E-state index >= 15 is 0 Å². The molecule has 2 aliphatic rings. The topological polar surface area (TPSA) is 113 Å². The third kappa shape index (κ3) is 5.43. The van der Waals surface area contributed by atoms with Crippen molar-refractivity contribution in [3.8, 4) is 0 Å². The number of nitrogens with zero attached hydrogens (tertiary/aromatic N) is 1. The first kappa shape index (κ1) is 21.7. The number of amides is 3. The van der Waals surface area contributed by atoms with Gasteiger partial charge in [-0.15, -0.1) is 0 Å². The zero-order chi connectivity index (χ0) is 20.1. The number of carbonyl (C=O) groups is 3. The molecule has 4 N–H and O–H groups in total. The van der Waals surface area contributed by atoms with Crippen LogP contribution < -0.4 is 11.1 Å². The molecule has 2 fully saturated rings. The number of nitrogens with two attached hydrogens (primary N) is 1. The van der Waals surface area contributed by atoms with E-state index in [1.54, 1.807) is 4.90 Å². The molecule has 0 aromatic carbocycles. The Balaban J connectivity index is 2.12. The van der Waals surface area contributed by atoms with Crippen molar-refractivity contribution in [1.82, 2.24) is 10.2 Å². The van der Waals surface area contributed by atoms with Crippen LogP contribution in [0.4, 0.5) is 0 Å². The normalized spacial score (nSPS) is 27.8. The van der Waals surface area contributed by atoms with Crippen molar-refractivity contribution in [3.63, 3.8) is 0 Å². The van der Waals surface area contributed by atoms with Gasteiger partial charge < -0.3 is 21.1 Å². The molecule has 0 aliphatic carbocycles. The van der Waals surface area contributed by atoms with Gasteiger partial charge >= 0.3 is 0 Å². The molecule has 0 radical (unpaired) electrons. The first-order chi connectivity index (χ1) is 12.7. The van der Waals surface area contributed by atoms with E-state index in [9.17, 15) is 19.5 Å². The molecule has 0 unspecified atom stereocenters. The number of rotatable bonds is 8. The van der Waals surface area contributed by atoms with E-state index < -0.39 is 29.9 Å². The van der Waals surface area contributed by atoms with E-state index in [4.69, 9.17) is 5.73 Å². The van der Waals surface area contributed by atoms with Gasteiger partial charge in [0.25, 0.3) is 0 Å². The average Bonchev–Trinajstić information content (AvgIpc) is 2.90. The SMILES string of the molecule is CCC[C@H](C(N)=O)[C@@H](CC(C)C)C(=O)N[C@H]1CCC[C@@H]2C[C@@H](O)CN2C1=O. The minimum absolute atomic E-state index is 0.0688. The van der Waals surface area contributed by atoms with Crippen LogP contribution in [0.25, 0.3) is 0 Å². The molecule has 7 heteroatoms. The van der Waals surface area contributed by atoms with Gasteiger partial charge in [-0.25, -0.2) is 0 Å². The summed E-state index contributed by atoms with van der Waals surface area (Å²) in [4.78, 5) is 39.6. The molecule has 0 aromatic heterocycles. The second kappa shape index (κ2) is 9.53. The van der Waals surface area contributed by atoms with E-state index in [2.05, 4.69) is 5.32 Å². The predicted octanol–water partition coefficient (Wildman–Crippen LogP) is 1.18. The Morgan fingerprint density at radius 1 is 1.30 bits per heavy atom. The minimum atomic E-state index is -0.586. The number of fused-ring (bicyclic) bond motifs is 1. The van der Waals surface area contributed by atoms with E-state index in [-0.39, 0.29) is 23.8 Å². The number of hydrogen-bond donors (Lipinski definition) is 3. The van der Waals surface area contributed by atoms with E-state index in [0.29, 0.717) is 32.2 Å². The second-order valence-corrected chi connectivity index (χ2v) is 8.56. The van der Waals surface area contributed by atoms with Crippen LogP contribution in [-0.2, 0) is 14.4 Å². The van der Waals surface area contributed by atoms with Gasteiger partial charge in [0.15, 0.2) is 0 Å². The van der Waals surface area contributed by atoms with Crippen LogP contribution in [0.2, 0.25) is 0 Å². The zero-order valence-electron chi connectivity index (χ0n) is 16.8. The summed E-state index contributed by atoms with van der Waals surface area (Å²) in [5, 5.41) is 12.8. The number of hydrogen-bond acceptors (Lipinski definition) is 4. The largest absolute Gasteiger partial charge is 0.391 e. The summed E-state index contributed by atoms with van der Waals surface area (Å²) in [6, 6.07) is -0.517. The van der Waals surface area contributed by atoms with Gasteiger partial charge in [-0.3, -0.25) is 14.4 Å². The van der Waals surface area contributed by atoms with E-state index in [0.717, 1.165) is 19.3 Å². The highest BCUT2D eigenvalue weighted by molar-refractivity contribution is 5.91. The monoisotopic (exact) mass is 381 g/mol. The summed E-state index contributed by atoms with van der Waals surface area (Å²) in [5.74, 6) is -1.61. The van der Waals surface area contributed by atoms with Gasteiger partial charge in [0.05, 0.1) is 6.10 Å². The van der Waals surface area contributed by atoms with Crippen molar-refractivity contribution < 1.29 is 19.5 Å². The predicted molar refractivity (Wildman–Crippen MR) is 102 cm³/mol. The smallest absolute Gasteiger partial charge is 0.245 e.